The summed E-state index contributed by atoms with van der Waals surface area (Å²) in [5, 5.41) is 0. The maximum absolute atomic E-state index is 13.1. The normalized spacial score (nSPS) is 9.64. The Morgan fingerprint density at radius 3 is 2.64 bits per heavy atom. The van der Waals surface area contributed by atoms with Crippen molar-refractivity contribution in [1.82, 2.24) is 0 Å². The first-order valence-corrected chi connectivity index (χ1v) is 4.06. The van der Waals surface area contributed by atoms with Gasteiger partial charge in [0, 0.05) is 0 Å². The maximum atomic E-state index is 13.1. The van der Waals surface area contributed by atoms with Gasteiger partial charge in [0.15, 0.2) is 11.6 Å². The van der Waals surface area contributed by atoms with Gasteiger partial charge in [-0.1, -0.05) is 6.07 Å². The van der Waals surface area contributed by atoms with Crippen LogP contribution in [0.3, 0.4) is 0 Å². The Hall–Kier alpha value is -1.58. The van der Waals surface area contributed by atoms with Crippen molar-refractivity contribution < 1.29 is 18.7 Å². The summed E-state index contributed by atoms with van der Waals surface area (Å²) < 4.78 is 22.3. The van der Waals surface area contributed by atoms with Crippen LogP contribution in [-0.2, 0) is 16.0 Å². The third kappa shape index (κ3) is 2.45. The minimum absolute atomic E-state index is 0.0669. The average molecular weight is 198 g/mol. The van der Waals surface area contributed by atoms with Gasteiger partial charge in [-0.2, -0.15) is 0 Å². The molecule has 0 N–H and O–H groups in total. The quantitative estimate of drug-likeness (QED) is 0.691. The Kier molecular flexibility index (Phi) is 3.45. The minimum Gasteiger partial charge on any atom is -0.494 e. The first-order chi connectivity index (χ1) is 6.67. The average Bonchev–Trinajstić information content (AvgIpc) is 2.18. The number of carbonyl (C=O) groups is 1. The van der Waals surface area contributed by atoms with E-state index in [1.54, 1.807) is 6.07 Å². The Labute approximate surface area is 81.4 Å². The zero-order valence-corrected chi connectivity index (χ0v) is 8.04. The molecule has 0 aliphatic rings. The summed E-state index contributed by atoms with van der Waals surface area (Å²) in [4.78, 5) is 10.9. The number of hydrogen-bond acceptors (Lipinski definition) is 3. The van der Waals surface area contributed by atoms with Crippen molar-refractivity contribution in [1.29, 1.82) is 0 Å². The molecule has 0 aromatic heterocycles. The van der Waals surface area contributed by atoms with Crippen LogP contribution >= 0.6 is 0 Å². The van der Waals surface area contributed by atoms with Gasteiger partial charge in [0.2, 0.25) is 0 Å². The lowest BCUT2D eigenvalue weighted by Gasteiger charge is -2.03. The third-order valence-electron chi connectivity index (χ3n) is 1.79. The summed E-state index contributed by atoms with van der Waals surface area (Å²) in [6.07, 6.45) is 0.0669. The smallest absolute Gasteiger partial charge is 0.309 e. The van der Waals surface area contributed by atoms with E-state index in [0.29, 0.717) is 5.56 Å². The molecular formula is C10H11FO3. The van der Waals surface area contributed by atoms with Crippen LogP contribution in [-0.4, -0.2) is 20.2 Å². The van der Waals surface area contributed by atoms with E-state index in [2.05, 4.69) is 4.74 Å². The fraction of sp³-hybridized carbons (Fsp3) is 0.300. The van der Waals surface area contributed by atoms with Crippen LogP contribution in [0, 0.1) is 5.82 Å². The number of carbonyl (C=O) groups excluding carboxylic acids is 1. The highest BCUT2D eigenvalue weighted by molar-refractivity contribution is 5.72. The number of benzene rings is 1. The van der Waals surface area contributed by atoms with Gasteiger partial charge in [-0.25, -0.2) is 4.39 Å². The molecule has 0 aliphatic heterocycles. The predicted octanol–water partition coefficient (Wildman–Crippen LogP) is 1.55. The fourth-order valence-corrected chi connectivity index (χ4v) is 1.06. The Morgan fingerprint density at radius 1 is 1.43 bits per heavy atom. The van der Waals surface area contributed by atoms with Crippen molar-refractivity contribution in [2.24, 2.45) is 0 Å². The highest BCUT2D eigenvalue weighted by Crippen LogP contribution is 2.17. The van der Waals surface area contributed by atoms with Crippen molar-refractivity contribution in [3.8, 4) is 5.75 Å². The molecule has 0 spiro atoms. The molecule has 1 aromatic carbocycles. The van der Waals surface area contributed by atoms with E-state index in [0.717, 1.165) is 0 Å². The van der Waals surface area contributed by atoms with Gasteiger partial charge in [-0.3, -0.25) is 4.79 Å². The maximum Gasteiger partial charge on any atom is 0.309 e. The second kappa shape index (κ2) is 4.60. The van der Waals surface area contributed by atoms with Crippen LogP contribution in [0.15, 0.2) is 18.2 Å². The molecule has 0 unspecified atom stereocenters. The van der Waals surface area contributed by atoms with Crippen LogP contribution in [0.2, 0.25) is 0 Å². The number of hydrogen-bond donors (Lipinski definition) is 0. The highest BCUT2D eigenvalue weighted by atomic mass is 19.1. The van der Waals surface area contributed by atoms with Crippen LogP contribution in [0.4, 0.5) is 4.39 Å². The summed E-state index contributed by atoms with van der Waals surface area (Å²) in [6.45, 7) is 0. The van der Waals surface area contributed by atoms with Gasteiger partial charge in [0.1, 0.15) is 0 Å². The van der Waals surface area contributed by atoms with Gasteiger partial charge < -0.3 is 9.47 Å². The summed E-state index contributed by atoms with van der Waals surface area (Å²) in [7, 11) is 2.68. The zero-order valence-electron chi connectivity index (χ0n) is 8.04. The summed E-state index contributed by atoms with van der Waals surface area (Å²) in [6, 6.07) is 4.36. The number of esters is 1. The van der Waals surface area contributed by atoms with E-state index in [1.807, 2.05) is 0 Å². The second-order valence-corrected chi connectivity index (χ2v) is 2.72. The first-order valence-electron chi connectivity index (χ1n) is 4.06. The van der Waals surface area contributed by atoms with E-state index >= 15 is 0 Å². The van der Waals surface area contributed by atoms with E-state index in [1.165, 1.54) is 26.4 Å². The van der Waals surface area contributed by atoms with Crippen molar-refractivity contribution >= 4 is 5.97 Å². The van der Waals surface area contributed by atoms with Gasteiger partial charge in [0.25, 0.3) is 0 Å². The van der Waals surface area contributed by atoms with Gasteiger partial charge >= 0.3 is 5.97 Å². The van der Waals surface area contributed by atoms with Crippen molar-refractivity contribution in [3.05, 3.63) is 29.6 Å². The molecule has 0 heterocycles. The van der Waals surface area contributed by atoms with Crippen molar-refractivity contribution in [2.75, 3.05) is 14.2 Å². The molecule has 0 aliphatic carbocycles. The number of methoxy groups -OCH3 is 2. The molecule has 0 bridgehead atoms. The summed E-state index contributed by atoms with van der Waals surface area (Å²) in [5.41, 5.74) is 0.565. The second-order valence-electron chi connectivity index (χ2n) is 2.72. The lowest BCUT2D eigenvalue weighted by Crippen LogP contribution is -2.04. The van der Waals surface area contributed by atoms with Gasteiger partial charge in [-0.15, -0.1) is 0 Å². The topological polar surface area (TPSA) is 35.5 Å². The molecule has 0 saturated carbocycles. The molecule has 1 aromatic rings. The molecular weight excluding hydrogens is 187 g/mol. The fourth-order valence-electron chi connectivity index (χ4n) is 1.06. The lowest BCUT2D eigenvalue weighted by atomic mass is 10.1. The number of rotatable bonds is 3. The van der Waals surface area contributed by atoms with E-state index < -0.39 is 11.8 Å². The molecule has 0 saturated heterocycles. The van der Waals surface area contributed by atoms with Gasteiger partial charge in [0.05, 0.1) is 20.6 Å². The van der Waals surface area contributed by atoms with Crippen LogP contribution < -0.4 is 4.74 Å². The Balaban J connectivity index is 2.81. The highest BCUT2D eigenvalue weighted by Gasteiger charge is 2.07. The number of ether oxygens (including phenoxy) is 2. The standard InChI is InChI=1S/C10H11FO3/c1-13-9-4-3-7(5-8(9)11)6-10(12)14-2/h3-5H,6H2,1-2H3. The molecule has 0 radical (unpaired) electrons. The molecule has 4 heteroatoms. The van der Waals surface area contributed by atoms with Gasteiger partial charge in [-0.05, 0) is 17.7 Å². The minimum atomic E-state index is -0.478. The molecule has 0 amide bonds. The molecule has 1 rings (SSSR count). The summed E-state index contributed by atoms with van der Waals surface area (Å²) >= 11 is 0. The molecule has 0 fully saturated rings. The third-order valence-corrected chi connectivity index (χ3v) is 1.79. The van der Waals surface area contributed by atoms with Crippen molar-refractivity contribution in [2.45, 2.75) is 6.42 Å². The molecule has 3 nitrogen and oxygen atoms in total. The van der Waals surface area contributed by atoms with Crippen LogP contribution in [0.1, 0.15) is 5.56 Å². The molecule has 76 valence electrons. The van der Waals surface area contributed by atoms with Crippen LogP contribution in [0.5, 0.6) is 5.75 Å². The molecule has 14 heavy (non-hydrogen) atoms. The molecule has 0 atom stereocenters. The SMILES string of the molecule is COC(=O)Cc1ccc(OC)c(F)c1. The summed E-state index contributed by atoms with van der Waals surface area (Å²) in [5.74, 6) is -0.706. The predicted molar refractivity (Wildman–Crippen MR) is 48.7 cm³/mol. The van der Waals surface area contributed by atoms with E-state index in [9.17, 15) is 9.18 Å². The van der Waals surface area contributed by atoms with E-state index in [4.69, 9.17) is 4.74 Å². The monoisotopic (exact) mass is 198 g/mol. The Bertz CT molecular complexity index is 336. The van der Waals surface area contributed by atoms with E-state index in [-0.39, 0.29) is 12.2 Å². The zero-order chi connectivity index (χ0) is 10.6. The van der Waals surface area contributed by atoms with Crippen LogP contribution in [0.25, 0.3) is 0 Å². The largest absolute Gasteiger partial charge is 0.494 e. The van der Waals surface area contributed by atoms with Crippen molar-refractivity contribution in [3.63, 3.8) is 0 Å². The Morgan fingerprint density at radius 2 is 2.14 bits per heavy atom. The lowest BCUT2D eigenvalue weighted by molar-refractivity contribution is -0.139. The first kappa shape index (κ1) is 10.5. The number of halogens is 1.